The zero-order chi connectivity index (χ0) is 8.31. The topological polar surface area (TPSA) is 94.8 Å². The Labute approximate surface area is 64.5 Å². The minimum atomic E-state index is -2.05. The van der Waals surface area contributed by atoms with Crippen LogP contribution >= 0.6 is 0 Å². The monoisotopic (exact) mass is 213 g/mol. The summed E-state index contributed by atoms with van der Waals surface area (Å²) >= 11 is 1.86. The van der Waals surface area contributed by atoms with Gasteiger partial charge in [-0.2, -0.15) is 0 Å². The van der Waals surface area contributed by atoms with Gasteiger partial charge in [-0.3, -0.25) is 0 Å². The van der Waals surface area contributed by atoms with Gasteiger partial charge in [0.25, 0.3) is 0 Å². The van der Waals surface area contributed by atoms with Gasteiger partial charge in [0.15, 0.2) is 0 Å². The molecule has 1 radical (unpaired) electrons. The molecule has 0 heterocycles. The van der Waals surface area contributed by atoms with Gasteiger partial charge in [0.2, 0.25) is 0 Å². The maximum absolute atomic E-state index is 10.2. The van der Waals surface area contributed by atoms with Crippen LogP contribution in [0.15, 0.2) is 0 Å². The van der Waals surface area contributed by atoms with E-state index in [1.54, 1.807) is 0 Å². The Bertz CT molecular complexity index is 138. The van der Waals surface area contributed by atoms with Gasteiger partial charge in [-0.25, -0.2) is 0 Å². The quantitative estimate of drug-likeness (QED) is 0.449. The molecule has 0 fully saturated rings. The van der Waals surface area contributed by atoms with Crippen molar-refractivity contribution in [2.45, 2.75) is 12.2 Å². The number of hydrogen-bond acceptors (Lipinski definition) is 4. The van der Waals surface area contributed by atoms with Crippen LogP contribution in [-0.2, 0) is 9.59 Å². The van der Waals surface area contributed by atoms with E-state index in [1.165, 1.54) is 0 Å². The fraction of sp³-hybridized carbons (Fsp3) is 0.500. The number of aliphatic hydroxyl groups excluding tert-OH is 2. The van der Waals surface area contributed by atoms with Crippen LogP contribution in [-0.4, -0.2) is 54.2 Å². The first-order valence-corrected chi connectivity index (χ1v) is 3.12. The van der Waals surface area contributed by atoms with Gasteiger partial charge in [-0.15, -0.1) is 0 Å². The predicted molar refractivity (Wildman–Crippen MR) is 30.4 cm³/mol. The molecule has 0 saturated carbocycles. The molecule has 6 heteroatoms. The average Bonchev–Trinajstić information content (AvgIpc) is 1.84. The summed E-state index contributed by atoms with van der Waals surface area (Å²) in [5, 5.41) is 25.1. The molecular formula is C4H5O5Se. The van der Waals surface area contributed by atoms with Crippen LogP contribution in [0.3, 0.4) is 0 Å². The van der Waals surface area contributed by atoms with Crippen LogP contribution in [0, 0.1) is 0 Å². The number of hydrogen-bond donors (Lipinski definition) is 3. The van der Waals surface area contributed by atoms with E-state index in [0.717, 1.165) is 0 Å². The number of carboxylic acid groups (broad SMARTS) is 1. The molecule has 0 aliphatic heterocycles. The third kappa shape index (κ3) is 2.45. The summed E-state index contributed by atoms with van der Waals surface area (Å²) < 4.78 is -0.894. The normalized spacial score (nSPS) is 15.8. The van der Waals surface area contributed by atoms with E-state index in [0.29, 0.717) is 0 Å². The molecule has 0 bridgehead atoms. The van der Waals surface area contributed by atoms with Crippen LogP contribution in [0.5, 0.6) is 0 Å². The molecule has 2 atom stereocenters. The summed E-state index contributed by atoms with van der Waals surface area (Å²) in [6.07, 6.45) is -3.92. The zero-order valence-electron chi connectivity index (χ0n) is 4.72. The van der Waals surface area contributed by atoms with E-state index >= 15 is 0 Å². The Morgan fingerprint density at radius 1 is 1.20 bits per heavy atom. The van der Waals surface area contributed by atoms with Crippen molar-refractivity contribution in [2.75, 3.05) is 0 Å². The van der Waals surface area contributed by atoms with Gasteiger partial charge < -0.3 is 0 Å². The minimum absolute atomic E-state index is 0.894. The Morgan fingerprint density at radius 2 is 1.60 bits per heavy atom. The number of carbonyl (C=O) groups excluding carboxylic acids is 1. The van der Waals surface area contributed by atoms with Crippen LogP contribution < -0.4 is 0 Å². The van der Waals surface area contributed by atoms with E-state index in [2.05, 4.69) is 0 Å². The third-order valence-electron chi connectivity index (χ3n) is 0.794. The molecular weight excluding hydrogens is 207 g/mol. The summed E-state index contributed by atoms with van der Waals surface area (Å²) in [5.41, 5.74) is 0. The fourth-order valence-corrected chi connectivity index (χ4v) is 0.534. The van der Waals surface area contributed by atoms with E-state index in [-0.39, 0.29) is 0 Å². The van der Waals surface area contributed by atoms with E-state index in [9.17, 15) is 9.59 Å². The second-order valence-corrected chi connectivity index (χ2v) is 2.39. The first kappa shape index (κ1) is 9.58. The molecule has 0 aromatic carbocycles. The molecule has 0 aromatic rings. The van der Waals surface area contributed by atoms with Crippen molar-refractivity contribution in [3.05, 3.63) is 0 Å². The van der Waals surface area contributed by atoms with Crippen LogP contribution in [0.4, 0.5) is 0 Å². The van der Waals surface area contributed by atoms with Crippen LogP contribution in [0.2, 0.25) is 0 Å². The molecule has 0 spiro atoms. The Kier molecular flexibility index (Phi) is 3.52. The van der Waals surface area contributed by atoms with E-state index in [1.807, 2.05) is 16.0 Å². The summed E-state index contributed by atoms with van der Waals surface area (Å²) in [4.78, 5) is 20.0. The molecule has 0 aliphatic rings. The Morgan fingerprint density at radius 3 is 1.70 bits per heavy atom. The van der Waals surface area contributed by atoms with Gasteiger partial charge in [0.05, 0.1) is 0 Å². The Hall–Kier alpha value is -0.421. The summed E-state index contributed by atoms with van der Waals surface area (Å²) in [7, 11) is 0. The molecule has 10 heavy (non-hydrogen) atoms. The first-order chi connectivity index (χ1) is 4.46. The number of aliphatic carboxylic acids is 1. The molecule has 0 saturated heterocycles. The van der Waals surface area contributed by atoms with Crippen molar-refractivity contribution >= 4 is 26.7 Å². The SMILES string of the molecule is O=C(O)C(O)C(O)C(=O)[Se]. The van der Waals surface area contributed by atoms with Gasteiger partial charge in [-0.05, 0) is 0 Å². The van der Waals surface area contributed by atoms with Crippen molar-refractivity contribution in [3.8, 4) is 0 Å². The third-order valence-corrected chi connectivity index (χ3v) is 1.30. The molecule has 0 rings (SSSR count). The van der Waals surface area contributed by atoms with E-state index < -0.39 is 22.9 Å². The van der Waals surface area contributed by atoms with Crippen LogP contribution in [0.1, 0.15) is 0 Å². The molecule has 0 amide bonds. The van der Waals surface area contributed by atoms with Crippen molar-refractivity contribution in [1.82, 2.24) is 0 Å². The second kappa shape index (κ2) is 3.68. The maximum atomic E-state index is 10.2. The number of rotatable bonds is 3. The fourth-order valence-electron chi connectivity index (χ4n) is 0.264. The van der Waals surface area contributed by atoms with Crippen molar-refractivity contribution in [3.63, 3.8) is 0 Å². The number of carboxylic acids is 1. The number of carbonyl (C=O) groups is 2. The Balaban J connectivity index is 4.07. The van der Waals surface area contributed by atoms with Crippen molar-refractivity contribution in [2.24, 2.45) is 0 Å². The molecule has 0 aromatic heterocycles. The summed E-state index contributed by atoms with van der Waals surface area (Å²) in [6, 6.07) is 0. The second-order valence-electron chi connectivity index (χ2n) is 1.55. The zero-order valence-corrected chi connectivity index (χ0v) is 6.43. The summed E-state index contributed by atoms with van der Waals surface area (Å²) in [5.74, 6) is -1.63. The first-order valence-electron chi connectivity index (χ1n) is 2.26. The molecule has 3 N–H and O–H groups in total. The van der Waals surface area contributed by atoms with Crippen molar-refractivity contribution in [1.29, 1.82) is 0 Å². The van der Waals surface area contributed by atoms with Crippen molar-refractivity contribution < 1.29 is 24.9 Å². The van der Waals surface area contributed by atoms with Gasteiger partial charge >= 0.3 is 63.8 Å². The molecule has 2 unspecified atom stereocenters. The van der Waals surface area contributed by atoms with Gasteiger partial charge in [0, 0.05) is 0 Å². The molecule has 57 valence electrons. The average molecular weight is 212 g/mol. The molecule has 0 aliphatic carbocycles. The van der Waals surface area contributed by atoms with Gasteiger partial charge in [0.1, 0.15) is 0 Å². The standard InChI is InChI=1S/C4H5O5Se/c5-1(3(7)8)2(6)4(9)10/h1-2,5-6H,(H,7,8). The summed E-state index contributed by atoms with van der Waals surface area (Å²) in [6.45, 7) is 0. The molecule has 5 nitrogen and oxygen atoms in total. The number of aliphatic hydroxyl groups is 2. The van der Waals surface area contributed by atoms with Crippen LogP contribution in [0.25, 0.3) is 0 Å². The predicted octanol–water partition coefficient (Wildman–Crippen LogP) is -2.51. The van der Waals surface area contributed by atoms with Gasteiger partial charge in [-0.1, -0.05) is 0 Å². The van der Waals surface area contributed by atoms with E-state index in [4.69, 9.17) is 15.3 Å².